The van der Waals surface area contributed by atoms with Gasteiger partial charge in [-0.2, -0.15) is 0 Å². The third-order valence-corrected chi connectivity index (χ3v) is 1.59. The van der Waals surface area contributed by atoms with Gasteiger partial charge in [-0.25, -0.2) is 0 Å². The van der Waals surface area contributed by atoms with Crippen molar-refractivity contribution in [2.24, 2.45) is 5.73 Å². The molecule has 0 fully saturated rings. The minimum absolute atomic E-state index is 0.0399. The summed E-state index contributed by atoms with van der Waals surface area (Å²) in [5, 5.41) is 7.12. The van der Waals surface area contributed by atoms with E-state index in [9.17, 15) is 4.79 Å². The average Bonchev–Trinajstić information content (AvgIpc) is 1.96. The molecule has 0 unspecified atom stereocenters. The Morgan fingerprint density at radius 2 is 2.42 bits per heavy atom. The molecular weight excluding hydrogens is 178 g/mol. The van der Waals surface area contributed by atoms with Crippen LogP contribution in [0.3, 0.4) is 0 Å². The highest BCUT2D eigenvalue weighted by molar-refractivity contribution is 6.30. The van der Waals surface area contributed by atoms with Gasteiger partial charge in [-0.1, -0.05) is 11.6 Å². The van der Waals surface area contributed by atoms with E-state index >= 15 is 0 Å². The number of rotatable bonds is 2. The van der Waals surface area contributed by atoms with Crippen molar-refractivity contribution in [3.05, 3.63) is 33.2 Å². The molecule has 0 spiro atoms. The summed E-state index contributed by atoms with van der Waals surface area (Å²) in [5.74, 6) is 0.0399. The SMILES string of the molecule is N=C(N)Cc1c[nH]c(=O)c(Cl)c1. The lowest BCUT2D eigenvalue weighted by Gasteiger charge is -1.98. The van der Waals surface area contributed by atoms with Crippen LogP contribution in [-0.2, 0) is 6.42 Å². The summed E-state index contributed by atoms with van der Waals surface area (Å²) < 4.78 is 0. The summed E-state index contributed by atoms with van der Waals surface area (Å²) in [5.41, 5.74) is 5.56. The molecule has 0 aliphatic carbocycles. The molecule has 0 amide bonds. The summed E-state index contributed by atoms with van der Waals surface area (Å²) in [4.78, 5) is 13.2. The molecule has 12 heavy (non-hydrogen) atoms. The maximum Gasteiger partial charge on any atom is 0.266 e. The highest BCUT2D eigenvalue weighted by Crippen LogP contribution is 2.03. The van der Waals surface area contributed by atoms with E-state index in [1.165, 1.54) is 12.3 Å². The number of hydrogen-bond acceptors (Lipinski definition) is 2. The van der Waals surface area contributed by atoms with Gasteiger partial charge in [0.15, 0.2) is 0 Å². The van der Waals surface area contributed by atoms with Gasteiger partial charge >= 0.3 is 0 Å². The predicted octanol–water partition coefficient (Wildman–Crippen LogP) is 0.507. The third kappa shape index (κ3) is 2.10. The molecular formula is C7H8ClN3O. The molecule has 5 heteroatoms. The molecule has 0 saturated carbocycles. The number of amidine groups is 1. The molecule has 4 N–H and O–H groups in total. The Bertz CT molecular complexity index is 358. The fraction of sp³-hybridized carbons (Fsp3) is 0.143. The number of halogens is 1. The normalized spacial score (nSPS) is 9.75. The summed E-state index contributed by atoms with van der Waals surface area (Å²) in [6.07, 6.45) is 1.80. The average molecular weight is 186 g/mol. The second-order valence-corrected chi connectivity index (χ2v) is 2.79. The summed E-state index contributed by atoms with van der Waals surface area (Å²) >= 11 is 5.54. The maximum absolute atomic E-state index is 10.8. The molecule has 0 atom stereocenters. The van der Waals surface area contributed by atoms with Gasteiger partial charge in [0.1, 0.15) is 5.02 Å². The summed E-state index contributed by atoms with van der Waals surface area (Å²) in [6, 6.07) is 1.50. The van der Waals surface area contributed by atoms with Crippen molar-refractivity contribution < 1.29 is 0 Å². The molecule has 0 aliphatic heterocycles. The smallest absolute Gasteiger partial charge is 0.266 e. The molecule has 1 rings (SSSR count). The van der Waals surface area contributed by atoms with Gasteiger partial charge in [0.2, 0.25) is 0 Å². The van der Waals surface area contributed by atoms with Crippen molar-refractivity contribution in [1.29, 1.82) is 5.41 Å². The highest BCUT2D eigenvalue weighted by Gasteiger charge is 1.99. The minimum atomic E-state index is -0.330. The molecule has 0 saturated heterocycles. The molecule has 0 aromatic carbocycles. The van der Waals surface area contributed by atoms with E-state index < -0.39 is 0 Å². The van der Waals surface area contributed by atoms with Crippen LogP contribution >= 0.6 is 11.6 Å². The van der Waals surface area contributed by atoms with E-state index in [2.05, 4.69) is 4.98 Å². The number of nitrogens with one attached hydrogen (secondary N) is 2. The van der Waals surface area contributed by atoms with E-state index in [0.29, 0.717) is 6.42 Å². The Morgan fingerprint density at radius 3 is 2.92 bits per heavy atom. The van der Waals surface area contributed by atoms with Gasteiger partial charge in [-0.15, -0.1) is 0 Å². The number of hydrogen-bond donors (Lipinski definition) is 3. The largest absolute Gasteiger partial charge is 0.387 e. The van der Waals surface area contributed by atoms with Crippen molar-refractivity contribution in [1.82, 2.24) is 4.98 Å². The number of H-pyrrole nitrogens is 1. The van der Waals surface area contributed by atoms with Crippen molar-refractivity contribution >= 4 is 17.4 Å². The lowest BCUT2D eigenvalue weighted by atomic mass is 10.2. The minimum Gasteiger partial charge on any atom is -0.387 e. The third-order valence-electron chi connectivity index (χ3n) is 1.31. The van der Waals surface area contributed by atoms with Gasteiger partial charge in [0.25, 0.3) is 5.56 Å². The van der Waals surface area contributed by atoms with E-state index in [1.54, 1.807) is 0 Å². The molecule has 1 aromatic heterocycles. The lowest BCUT2D eigenvalue weighted by Crippen LogP contribution is -2.14. The zero-order valence-electron chi connectivity index (χ0n) is 6.23. The molecule has 0 bridgehead atoms. The molecule has 1 heterocycles. The van der Waals surface area contributed by atoms with Crippen molar-refractivity contribution in [3.8, 4) is 0 Å². The van der Waals surface area contributed by atoms with Crippen LogP contribution in [0.15, 0.2) is 17.1 Å². The molecule has 64 valence electrons. The predicted molar refractivity (Wildman–Crippen MR) is 47.7 cm³/mol. The Balaban J connectivity index is 2.97. The van der Waals surface area contributed by atoms with E-state index in [-0.39, 0.29) is 16.4 Å². The first kappa shape index (κ1) is 8.80. The van der Waals surface area contributed by atoms with Crippen LogP contribution < -0.4 is 11.3 Å². The van der Waals surface area contributed by atoms with Crippen LogP contribution in [0.4, 0.5) is 0 Å². The second-order valence-electron chi connectivity index (χ2n) is 2.39. The monoisotopic (exact) mass is 185 g/mol. The molecule has 1 aromatic rings. The van der Waals surface area contributed by atoms with Crippen LogP contribution in [0, 0.1) is 5.41 Å². The summed E-state index contributed by atoms with van der Waals surface area (Å²) in [7, 11) is 0. The van der Waals surface area contributed by atoms with Crippen LogP contribution in [-0.4, -0.2) is 10.8 Å². The van der Waals surface area contributed by atoms with Gasteiger partial charge in [-0.3, -0.25) is 10.2 Å². The Kier molecular flexibility index (Phi) is 2.50. The van der Waals surface area contributed by atoms with Crippen LogP contribution in [0.5, 0.6) is 0 Å². The van der Waals surface area contributed by atoms with Gasteiger partial charge < -0.3 is 10.7 Å². The van der Waals surface area contributed by atoms with E-state index in [1.807, 2.05) is 0 Å². The molecule has 0 aliphatic rings. The number of nitrogens with two attached hydrogens (primary N) is 1. The Labute approximate surface area is 73.9 Å². The quantitative estimate of drug-likeness (QED) is 0.463. The fourth-order valence-electron chi connectivity index (χ4n) is 0.819. The topological polar surface area (TPSA) is 82.7 Å². The van der Waals surface area contributed by atoms with Crippen LogP contribution in [0.25, 0.3) is 0 Å². The first-order valence-electron chi connectivity index (χ1n) is 3.29. The van der Waals surface area contributed by atoms with Crippen molar-refractivity contribution in [3.63, 3.8) is 0 Å². The molecule has 4 nitrogen and oxygen atoms in total. The number of pyridine rings is 1. The van der Waals surface area contributed by atoms with Crippen molar-refractivity contribution in [2.45, 2.75) is 6.42 Å². The highest BCUT2D eigenvalue weighted by atomic mass is 35.5. The first-order valence-corrected chi connectivity index (χ1v) is 3.67. The maximum atomic E-state index is 10.8. The Morgan fingerprint density at radius 1 is 1.75 bits per heavy atom. The van der Waals surface area contributed by atoms with E-state index in [0.717, 1.165) is 5.56 Å². The standard InChI is InChI=1S/C7H8ClN3O/c8-5-1-4(2-6(9)10)3-11-7(5)12/h1,3H,2H2,(H3,9,10)(H,11,12). The van der Waals surface area contributed by atoms with E-state index in [4.69, 9.17) is 22.7 Å². The first-order chi connectivity index (χ1) is 5.59. The number of aromatic amines is 1. The fourth-order valence-corrected chi connectivity index (χ4v) is 1.01. The second kappa shape index (κ2) is 3.40. The van der Waals surface area contributed by atoms with Gasteiger partial charge in [-0.05, 0) is 11.6 Å². The van der Waals surface area contributed by atoms with Gasteiger partial charge in [0.05, 0.1) is 5.84 Å². The zero-order chi connectivity index (χ0) is 9.14. The molecule has 0 radical (unpaired) electrons. The van der Waals surface area contributed by atoms with Gasteiger partial charge in [0, 0.05) is 12.6 Å². The van der Waals surface area contributed by atoms with Crippen LogP contribution in [0.2, 0.25) is 5.02 Å². The van der Waals surface area contributed by atoms with Crippen LogP contribution in [0.1, 0.15) is 5.56 Å². The Hall–Kier alpha value is -1.29. The lowest BCUT2D eigenvalue weighted by molar-refractivity contribution is 1.15. The summed E-state index contributed by atoms with van der Waals surface area (Å²) in [6.45, 7) is 0. The number of aromatic nitrogens is 1. The zero-order valence-corrected chi connectivity index (χ0v) is 6.98. The van der Waals surface area contributed by atoms with Crippen molar-refractivity contribution in [2.75, 3.05) is 0 Å².